The standard InChI is InChI=1S/C25H36N8O6/c26-9-5-4-8-17(27)22(35)31-19(11-16-13-29-14-30-16)24(37)32-18(10-15-6-2-1-3-7-15)23(36)33-20(25(38)39)12-21(28)34/h1-3,6-7,13-14,17-20H,4-5,8-12,26-27H2,(H2,28,34)(H,29,30)(H,31,35)(H,32,37)(H,33,36)(H,38,39). The lowest BCUT2D eigenvalue weighted by molar-refractivity contribution is -0.143. The van der Waals surface area contributed by atoms with Gasteiger partial charge in [-0.15, -0.1) is 0 Å². The first kappa shape index (κ1) is 30.9. The zero-order valence-electron chi connectivity index (χ0n) is 21.5. The van der Waals surface area contributed by atoms with Crippen molar-refractivity contribution in [3.05, 3.63) is 54.1 Å². The Morgan fingerprint density at radius 3 is 2.08 bits per heavy atom. The summed E-state index contributed by atoms with van der Waals surface area (Å²) in [5.41, 5.74) is 17.8. The first-order valence-electron chi connectivity index (χ1n) is 12.5. The Bertz CT molecular complexity index is 1100. The Hall–Kier alpha value is -4.30. The number of primary amides is 1. The van der Waals surface area contributed by atoms with Gasteiger partial charge in [-0.05, 0) is 24.9 Å². The van der Waals surface area contributed by atoms with Gasteiger partial charge in [0, 0.05) is 24.7 Å². The number of aromatic amines is 1. The van der Waals surface area contributed by atoms with Crippen molar-refractivity contribution in [2.24, 2.45) is 17.2 Å². The van der Waals surface area contributed by atoms with E-state index in [-0.39, 0.29) is 12.8 Å². The van der Waals surface area contributed by atoms with Crippen LogP contribution in [0.2, 0.25) is 0 Å². The topological polar surface area (TPSA) is 248 Å². The summed E-state index contributed by atoms with van der Waals surface area (Å²) in [6.45, 7) is 0.465. The molecule has 212 valence electrons. The van der Waals surface area contributed by atoms with Gasteiger partial charge in [0.05, 0.1) is 18.8 Å². The lowest BCUT2D eigenvalue weighted by atomic mass is 10.0. The van der Waals surface area contributed by atoms with Crippen LogP contribution in [0, 0.1) is 0 Å². The molecule has 14 heteroatoms. The first-order valence-corrected chi connectivity index (χ1v) is 12.5. The molecule has 0 aliphatic carbocycles. The van der Waals surface area contributed by atoms with Crippen molar-refractivity contribution in [1.82, 2.24) is 25.9 Å². The van der Waals surface area contributed by atoms with E-state index in [0.717, 1.165) is 0 Å². The summed E-state index contributed by atoms with van der Waals surface area (Å²) in [5.74, 6) is -4.48. The molecule has 1 heterocycles. The van der Waals surface area contributed by atoms with E-state index in [1.807, 2.05) is 0 Å². The Morgan fingerprint density at radius 1 is 0.897 bits per heavy atom. The minimum atomic E-state index is -1.59. The minimum Gasteiger partial charge on any atom is -0.480 e. The fourth-order valence-corrected chi connectivity index (χ4v) is 3.75. The number of nitrogens with two attached hydrogens (primary N) is 3. The average Bonchev–Trinajstić information content (AvgIpc) is 3.41. The van der Waals surface area contributed by atoms with E-state index in [2.05, 4.69) is 25.9 Å². The van der Waals surface area contributed by atoms with Crippen molar-refractivity contribution in [1.29, 1.82) is 0 Å². The molecule has 0 aliphatic rings. The monoisotopic (exact) mass is 544 g/mol. The Kier molecular flexibility index (Phi) is 12.6. The van der Waals surface area contributed by atoms with Crippen molar-refractivity contribution < 1.29 is 29.1 Å². The quantitative estimate of drug-likeness (QED) is 0.103. The van der Waals surface area contributed by atoms with Crippen molar-refractivity contribution >= 4 is 29.6 Å². The smallest absolute Gasteiger partial charge is 0.326 e. The van der Waals surface area contributed by atoms with Gasteiger partial charge < -0.3 is 43.2 Å². The third-order valence-electron chi connectivity index (χ3n) is 5.85. The maximum atomic E-state index is 13.4. The summed E-state index contributed by atoms with van der Waals surface area (Å²) in [7, 11) is 0. The number of hydrogen-bond donors (Lipinski definition) is 8. The van der Waals surface area contributed by atoms with E-state index in [1.165, 1.54) is 12.5 Å². The van der Waals surface area contributed by atoms with Gasteiger partial charge in [0.2, 0.25) is 23.6 Å². The zero-order valence-corrected chi connectivity index (χ0v) is 21.5. The summed E-state index contributed by atoms with van der Waals surface area (Å²) in [6.07, 6.45) is 4.01. The maximum Gasteiger partial charge on any atom is 0.326 e. The number of carboxylic acids is 1. The molecule has 14 nitrogen and oxygen atoms in total. The fraction of sp³-hybridized carbons (Fsp3) is 0.440. The van der Waals surface area contributed by atoms with Gasteiger partial charge in [-0.2, -0.15) is 0 Å². The number of nitrogens with one attached hydrogen (secondary N) is 4. The highest BCUT2D eigenvalue weighted by Crippen LogP contribution is 2.07. The van der Waals surface area contributed by atoms with Gasteiger partial charge in [-0.25, -0.2) is 9.78 Å². The van der Waals surface area contributed by atoms with Crippen LogP contribution < -0.4 is 33.2 Å². The highest BCUT2D eigenvalue weighted by molar-refractivity contribution is 5.95. The molecule has 0 aliphatic heterocycles. The molecule has 2 aromatic rings. The zero-order chi connectivity index (χ0) is 28.8. The number of hydrogen-bond acceptors (Lipinski definition) is 8. The molecule has 0 spiro atoms. The second-order valence-electron chi connectivity index (χ2n) is 9.05. The summed E-state index contributed by atoms with van der Waals surface area (Å²) in [6, 6.07) is 3.89. The lowest BCUT2D eigenvalue weighted by Gasteiger charge is -2.25. The molecule has 4 unspecified atom stereocenters. The minimum absolute atomic E-state index is 0.00461. The number of rotatable bonds is 17. The number of amides is 4. The van der Waals surface area contributed by atoms with E-state index >= 15 is 0 Å². The van der Waals surface area contributed by atoms with Gasteiger partial charge in [-0.1, -0.05) is 36.8 Å². The van der Waals surface area contributed by atoms with Gasteiger partial charge >= 0.3 is 5.97 Å². The third kappa shape index (κ3) is 10.9. The predicted molar refractivity (Wildman–Crippen MR) is 141 cm³/mol. The lowest BCUT2D eigenvalue weighted by Crippen LogP contribution is -2.58. The Balaban J connectivity index is 2.24. The number of imidazole rings is 1. The third-order valence-corrected chi connectivity index (χ3v) is 5.85. The molecule has 1 aromatic carbocycles. The fourth-order valence-electron chi connectivity index (χ4n) is 3.75. The van der Waals surface area contributed by atoms with Crippen LogP contribution in [0.15, 0.2) is 42.9 Å². The van der Waals surface area contributed by atoms with Crippen LogP contribution in [0.3, 0.4) is 0 Å². The number of nitrogens with zero attached hydrogens (tertiary/aromatic N) is 1. The molecule has 4 atom stereocenters. The summed E-state index contributed by atoms with van der Waals surface area (Å²) in [4.78, 5) is 68.9. The number of carboxylic acid groups (broad SMARTS) is 1. The number of H-pyrrole nitrogens is 1. The first-order chi connectivity index (χ1) is 18.6. The number of aromatic nitrogens is 2. The van der Waals surface area contributed by atoms with E-state index in [1.54, 1.807) is 30.3 Å². The number of carbonyl (C=O) groups excluding carboxylic acids is 4. The molecular weight excluding hydrogens is 508 g/mol. The van der Waals surface area contributed by atoms with Crippen LogP contribution in [-0.4, -0.2) is 75.4 Å². The van der Waals surface area contributed by atoms with E-state index in [4.69, 9.17) is 17.2 Å². The van der Waals surface area contributed by atoms with Crippen LogP contribution >= 0.6 is 0 Å². The molecular formula is C25H36N8O6. The predicted octanol–water partition coefficient (Wildman–Crippen LogP) is -1.93. The van der Waals surface area contributed by atoms with Crippen LogP contribution in [0.1, 0.15) is 36.9 Å². The molecule has 0 fully saturated rings. The van der Waals surface area contributed by atoms with Crippen LogP contribution in [0.25, 0.3) is 0 Å². The Labute approximate surface area is 225 Å². The maximum absolute atomic E-state index is 13.4. The normalized spacial score (nSPS) is 13.9. The average molecular weight is 545 g/mol. The summed E-state index contributed by atoms with van der Waals surface area (Å²) >= 11 is 0. The second-order valence-corrected chi connectivity index (χ2v) is 9.05. The van der Waals surface area contributed by atoms with Gasteiger partial charge in [0.1, 0.15) is 18.1 Å². The summed E-state index contributed by atoms with van der Waals surface area (Å²) in [5, 5.41) is 16.9. The summed E-state index contributed by atoms with van der Waals surface area (Å²) < 4.78 is 0. The van der Waals surface area contributed by atoms with Crippen LogP contribution in [-0.2, 0) is 36.8 Å². The van der Waals surface area contributed by atoms with Gasteiger partial charge in [0.25, 0.3) is 0 Å². The van der Waals surface area contributed by atoms with E-state index < -0.39 is 60.2 Å². The van der Waals surface area contributed by atoms with E-state index in [0.29, 0.717) is 37.1 Å². The Morgan fingerprint density at radius 2 is 1.51 bits per heavy atom. The van der Waals surface area contributed by atoms with Gasteiger partial charge in [0.15, 0.2) is 0 Å². The molecule has 0 bridgehead atoms. The molecule has 2 rings (SSSR count). The second kappa shape index (κ2) is 15.8. The van der Waals surface area contributed by atoms with E-state index in [9.17, 15) is 29.1 Å². The largest absolute Gasteiger partial charge is 0.480 e. The number of unbranched alkanes of at least 4 members (excludes halogenated alkanes) is 1. The van der Waals surface area contributed by atoms with Crippen molar-refractivity contribution in [2.75, 3.05) is 6.54 Å². The molecule has 0 radical (unpaired) electrons. The molecule has 4 amide bonds. The number of benzene rings is 1. The molecule has 0 saturated carbocycles. The highest BCUT2D eigenvalue weighted by Gasteiger charge is 2.31. The molecule has 39 heavy (non-hydrogen) atoms. The van der Waals surface area contributed by atoms with Gasteiger partial charge in [-0.3, -0.25) is 19.2 Å². The SMILES string of the molecule is NCCCCC(N)C(=O)NC(Cc1cnc[nH]1)C(=O)NC(Cc1ccccc1)C(=O)NC(CC(N)=O)C(=O)O. The number of aliphatic carboxylic acids is 1. The van der Waals surface area contributed by atoms with Crippen LogP contribution in [0.5, 0.6) is 0 Å². The number of carbonyl (C=O) groups is 5. The van der Waals surface area contributed by atoms with Crippen molar-refractivity contribution in [3.8, 4) is 0 Å². The van der Waals surface area contributed by atoms with Crippen molar-refractivity contribution in [3.63, 3.8) is 0 Å². The molecule has 11 N–H and O–H groups in total. The van der Waals surface area contributed by atoms with Crippen LogP contribution in [0.4, 0.5) is 0 Å². The van der Waals surface area contributed by atoms with Crippen molar-refractivity contribution in [2.45, 2.75) is 62.7 Å². The molecule has 0 saturated heterocycles. The molecule has 1 aromatic heterocycles. The highest BCUT2D eigenvalue weighted by atomic mass is 16.4.